The van der Waals surface area contributed by atoms with E-state index in [9.17, 15) is 9.59 Å². The highest BCUT2D eigenvalue weighted by Crippen LogP contribution is 2.47. The minimum atomic E-state index is -0.679. The molecular weight excluding hydrogens is 378 g/mol. The predicted octanol–water partition coefficient (Wildman–Crippen LogP) is 4.34. The largest absolute Gasteiger partial charge is 0.449 e. The Morgan fingerprint density at radius 1 is 1.00 bits per heavy atom. The van der Waals surface area contributed by atoms with Crippen molar-refractivity contribution in [2.75, 3.05) is 5.32 Å². The van der Waals surface area contributed by atoms with Gasteiger partial charge in [0.2, 0.25) is 5.91 Å². The van der Waals surface area contributed by atoms with E-state index in [1.165, 1.54) is 0 Å². The molecule has 1 aliphatic heterocycles. The summed E-state index contributed by atoms with van der Waals surface area (Å²) in [5, 5.41) is 3.03. The molecule has 0 unspecified atom stereocenters. The smallest absolute Gasteiger partial charge is 0.341 e. The molecule has 150 valence electrons. The number of amides is 1. The summed E-state index contributed by atoms with van der Waals surface area (Å²) in [6, 6.07) is 17.0. The molecule has 3 aromatic rings. The van der Waals surface area contributed by atoms with Gasteiger partial charge in [-0.2, -0.15) is 0 Å². The molecule has 2 aliphatic rings. The maximum absolute atomic E-state index is 12.9. The lowest BCUT2D eigenvalue weighted by Crippen LogP contribution is -2.36. The van der Waals surface area contributed by atoms with Crippen molar-refractivity contribution in [1.29, 1.82) is 0 Å². The van der Waals surface area contributed by atoms with Crippen LogP contribution in [0.5, 0.6) is 0 Å². The number of hydrogen-bond donors (Lipinski definition) is 1. The van der Waals surface area contributed by atoms with Gasteiger partial charge >= 0.3 is 5.97 Å². The molecule has 1 aliphatic carbocycles. The molecule has 30 heavy (non-hydrogen) atoms. The number of ether oxygens (including phenoxy) is 1. The summed E-state index contributed by atoms with van der Waals surface area (Å²) in [5.41, 5.74) is 3.13. The first-order valence-electron chi connectivity index (χ1n) is 10.2. The molecule has 0 radical (unpaired) electrons. The van der Waals surface area contributed by atoms with E-state index >= 15 is 0 Å². The number of pyridine rings is 2. The zero-order valence-electron chi connectivity index (χ0n) is 16.4. The number of nitrogens with zero attached hydrogens (tertiary/aromatic N) is 2. The average molecular weight is 399 g/mol. The fourth-order valence-corrected chi connectivity index (χ4v) is 4.42. The van der Waals surface area contributed by atoms with Crippen molar-refractivity contribution in [2.24, 2.45) is 5.92 Å². The van der Waals surface area contributed by atoms with E-state index in [0.29, 0.717) is 31.2 Å². The van der Waals surface area contributed by atoms with Crippen molar-refractivity contribution in [1.82, 2.24) is 9.97 Å². The molecule has 1 amide bonds. The summed E-state index contributed by atoms with van der Waals surface area (Å²) < 4.78 is 5.73. The number of aromatic nitrogens is 2. The molecule has 1 N–H and O–H groups in total. The van der Waals surface area contributed by atoms with Gasteiger partial charge in [-0.1, -0.05) is 30.3 Å². The Morgan fingerprint density at radius 2 is 1.80 bits per heavy atom. The second kappa shape index (κ2) is 7.37. The fraction of sp³-hybridized carbons (Fsp3) is 0.250. The molecule has 1 saturated carbocycles. The quantitative estimate of drug-likeness (QED) is 0.663. The highest BCUT2D eigenvalue weighted by atomic mass is 16.6. The lowest BCUT2D eigenvalue weighted by molar-refractivity contribution is -0.122. The molecule has 0 bridgehead atoms. The minimum absolute atomic E-state index is 0.0133. The van der Waals surface area contributed by atoms with Crippen molar-refractivity contribution in [3.8, 4) is 11.3 Å². The number of anilines is 1. The zero-order chi connectivity index (χ0) is 20.6. The SMILES string of the molecule is O=C1OC2(CCC(C(=O)Nc3ccnc(-c4ccccc4)c3)CC2)c2ncccc21. The van der Waals surface area contributed by atoms with Crippen LogP contribution in [0.1, 0.15) is 41.7 Å². The number of nitrogens with one attached hydrogen (secondary N) is 1. The number of carbonyl (C=O) groups excluding carboxylic acids is 2. The van der Waals surface area contributed by atoms with Gasteiger partial charge in [0.1, 0.15) is 0 Å². The average Bonchev–Trinajstić information content (AvgIpc) is 3.06. The molecule has 2 aromatic heterocycles. The Labute approximate surface area is 174 Å². The van der Waals surface area contributed by atoms with Gasteiger partial charge in [-0.15, -0.1) is 0 Å². The van der Waals surface area contributed by atoms with Gasteiger partial charge < -0.3 is 10.1 Å². The van der Waals surface area contributed by atoms with Crippen LogP contribution >= 0.6 is 0 Å². The van der Waals surface area contributed by atoms with Gasteiger partial charge in [-0.25, -0.2) is 4.79 Å². The van der Waals surface area contributed by atoms with Crippen LogP contribution in [0.4, 0.5) is 5.69 Å². The van der Waals surface area contributed by atoms with Crippen molar-refractivity contribution in [3.05, 3.63) is 78.2 Å². The number of esters is 1. The van der Waals surface area contributed by atoms with Crippen LogP contribution in [-0.4, -0.2) is 21.8 Å². The van der Waals surface area contributed by atoms with Crippen molar-refractivity contribution >= 4 is 17.6 Å². The normalized spacial score (nSPS) is 22.4. The highest BCUT2D eigenvalue weighted by molar-refractivity contribution is 5.95. The van der Waals surface area contributed by atoms with E-state index in [2.05, 4.69) is 15.3 Å². The lowest BCUT2D eigenvalue weighted by Gasteiger charge is -2.35. The second-order valence-electron chi connectivity index (χ2n) is 7.84. The standard InChI is InChI=1S/C24H21N3O3/c28-22(27-18-10-14-25-20(15-18)16-5-2-1-3-6-16)17-8-11-24(12-9-17)21-19(23(29)30-24)7-4-13-26-21/h1-7,10,13-15,17H,8-9,11-12H2,(H,25,27,28). The molecule has 1 aromatic carbocycles. The predicted molar refractivity (Wildman–Crippen MR) is 112 cm³/mol. The Morgan fingerprint density at radius 3 is 2.60 bits per heavy atom. The molecule has 0 saturated heterocycles. The Bertz CT molecular complexity index is 1110. The summed E-state index contributed by atoms with van der Waals surface area (Å²) in [6.07, 6.45) is 5.89. The molecule has 6 nitrogen and oxygen atoms in total. The Kier molecular flexibility index (Phi) is 4.54. The minimum Gasteiger partial charge on any atom is -0.449 e. The third kappa shape index (κ3) is 3.24. The molecular formula is C24H21N3O3. The number of hydrogen-bond acceptors (Lipinski definition) is 5. The molecule has 3 heterocycles. The van der Waals surface area contributed by atoms with E-state index in [1.54, 1.807) is 30.6 Å². The topological polar surface area (TPSA) is 81.2 Å². The molecule has 6 heteroatoms. The lowest BCUT2D eigenvalue weighted by atomic mass is 9.76. The van der Waals surface area contributed by atoms with Crippen LogP contribution in [0.3, 0.4) is 0 Å². The first-order chi connectivity index (χ1) is 14.6. The maximum Gasteiger partial charge on any atom is 0.341 e. The molecule has 5 rings (SSSR count). The van der Waals surface area contributed by atoms with E-state index in [1.807, 2.05) is 36.4 Å². The highest BCUT2D eigenvalue weighted by Gasteiger charge is 2.49. The Balaban J connectivity index is 1.27. The summed E-state index contributed by atoms with van der Waals surface area (Å²) in [7, 11) is 0. The second-order valence-corrected chi connectivity index (χ2v) is 7.84. The van der Waals surface area contributed by atoms with Crippen molar-refractivity contribution in [3.63, 3.8) is 0 Å². The number of fused-ring (bicyclic) bond motifs is 2. The van der Waals surface area contributed by atoms with Gasteiger partial charge in [0, 0.05) is 29.6 Å². The van der Waals surface area contributed by atoms with Gasteiger partial charge in [0.05, 0.1) is 17.0 Å². The van der Waals surface area contributed by atoms with Crippen LogP contribution in [0.25, 0.3) is 11.3 Å². The van der Waals surface area contributed by atoms with E-state index < -0.39 is 5.60 Å². The van der Waals surface area contributed by atoms with Gasteiger partial charge in [0.25, 0.3) is 0 Å². The zero-order valence-corrected chi connectivity index (χ0v) is 16.4. The number of benzene rings is 1. The molecule has 0 atom stereocenters. The van der Waals surface area contributed by atoms with Crippen LogP contribution in [-0.2, 0) is 15.1 Å². The van der Waals surface area contributed by atoms with Crippen molar-refractivity contribution < 1.29 is 14.3 Å². The molecule has 1 fully saturated rings. The number of rotatable bonds is 3. The van der Waals surface area contributed by atoms with E-state index in [-0.39, 0.29) is 17.8 Å². The first kappa shape index (κ1) is 18.5. The molecule has 1 spiro atoms. The van der Waals surface area contributed by atoms with Crippen LogP contribution in [0.2, 0.25) is 0 Å². The Hall–Kier alpha value is -3.54. The summed E-state index contributed by atoms with van der Waals surface area (Å²) in [5.74, 6) is -0.456. The van der Waals surface area contributed by atoms with E-state index in [0.717, 1.165) is 22.6 Å². The summed E-state index contributed by atoms with van der Waals surface area (Å²) in [6.45, 7) is 0. The van der Waals surface area contributed by atoms with Crippen LogP contribution in [0, 0.1) is 5.92 Å². The summed E-state index contributed by atoms with van der Waals surface area (Å²) in [4.78, 5) is 33.9. The monoisotopic (exact) mass is 399 g/mol. The van der Waals surface area contributed by atoms with Gasteiger partial charge in [-0.05, 0) is 49.9 Å². The van der Waals surface area contributed by atoms with Gasteiger partial charge in [0.15, 0.2) is 5.60 Å². The van der Waals surface area contributed by atoms with Crippen LogP contribution < -0.4 is 5.32 Å². The van der Waals surface area contributed by atoms with Crippen molar-refractivity contribution in [2.45, 2.75) is 31.3 Å². The van der Waals surface area contributed by atoms with Crippen LogP contribution in [0.15, 0.2) is 67.0 Å². The fourth-order valence-electron chi connectivity index (χ4n) is 4.42. The number of carbonyl (C=O) groups is 2. The summed E-state index contributed by atoms with van der Waals surface area (Å²) >= 11 is 0. The maximum atomic E-state index is 12.9. The third-order valence-electron chi connectivity index (χ3n) is 6.01. The third-order valence-corrected chi connectivity index (χ3v) is 6.01. The first-order valence-corrected chi connectivity index (χ1v) is 10.2. The van der Waals surface area contributed by atoms with Gasteiger partial charge in [-0.3, -0.25) is 14.8 Å². The van der Waals surface area contributed by atoms with E-state index in [4.69, 9.17) is 4.74 Å².